The van der Waals surface area contributed by atoms with E-state index in [9.17, 15) is 0 Å². The first-order chi connectivity index (χ1) is 8.65. The number of anilines is 2. The molecule has 2 unspecified atom stereocenters. The van der Waals surface area contributed by atoms with Crippen LogP contribution in [-0.4, -0.2) is 42.1 Å². The van der Waals surface area contributed by atoms with Crippen LogP contribution in [0.3, 0.4) is 0 Å². The van der Waals surface area contributed by atoms with Crippen LogP contribution < -0.4 is 10.6 Å². The van der Waals surface area contributed by atoms with Crippen LogP contribution in [0.5, 0.6) is 0 Å². The molecule has 0 aromatic carbocycles. The molecule has 2 aliphatic rings. The molecule has 0 saturated carbocycles. The van der Waals surface area contributed by atoms with Gasteiger partial charge >= 0.3 is 0 Å². The molecule has 1 aromatic heterocycles. The fourth-order valence-corrected chi connectivity index (χ4v) is 3.42. The number of pyridine rings is 1. The van der Waals surface area contributed by atoms with Crippen molar-refractivity contribution in [2.24, 2.45) is 0 Å². The SMILES string of the molecule is Cc1cc(N)cnc1N1CCC2CCC(C1)N2C. The summed E-state index contributed by atoms with van der Waals surface area (Å²) < 4.78 is 0. The monoisotopic (exact) mass is 246 g/mol. The molecule has 4 nitrogen and oxygen atoms in total. The Bertz CT molecular complexity index is 445. The molecule has 0 aliphatic carbocycles. The molecule has 0 amide bonds. The first-order valence-corrected chi connectivity index (χ1v) is 6.84. The third-order valence-corrected chi connectivity index (χ3v) is 4.52. The standard InChI is InChI=1S/C14H22N4/c1-10-7-11(15)8-16-14(10)18-6-5-12-3-4-13(9-18)17(12)2/h7-8,12-13H,3-6,9,15H2,1-2H3. The molecule has 2 atom stereocenters. The molecule has 18 heavy (non-hydrogen) atoms. The second-order valence-corrected chi connectivity index (χ2v) is 5.69. The average molecular weight is 246 g/mol. The largest absolute Gasteiger partial charge is 0.397 e. The van der Waals surface area contributed by atoms with Crippen molar-refractivity contribution in [2.45, 2.75) is 38.3 Å². The maximum absolute atomic E-state index is 5.78. The van der Waals surface area contributed by atoms with Crippen molar-refractivity contribution in [1.82, 2.24) is 9.88 Å². The van der Waals surface area contributed by atoms with E-state index in [4.69, 9.17) is 5.73 Å². The lowest BCUT2D eigenvalue weighted by Crippen LogP contribution is -2.37. The van der Waals surface area contributed by atoms with Crippen molar-refractivity contribution in [1.29, 1.82) is 0 Å². The smallest absolute Gasteiger partial charge is 0.131 e. The molecule has 0 radical (unpaired) electrons. The van der Waals surface area contributed by atoms with Gasteiger partial charge in [0.1, 0.15) is 5.82 Å². The lowest BCUT2D eigenvalue weighted by molar-refractivity contribution is 0.254. The fraction of sp³-hybridized carbons (Fsp3) is 0.643. The molecule has 2 N–H and O–H groups in total. The minimum absolute atomic E-state index is 0.691. The van der Waals surface area contributed by atoms with Crippen LogP contribution in [0.4, 0.5) is 11.5 Å². The number of rotatable bonds is 1. The fourth-order valence-electron chi connectivity index (χ4n) is 3.42. The van der Waals surface area contributed by atoms with E-state index < -0.39 is 0 Å². The van der Waals surface area contributed by atoms with E-state index in [0.717, 1.165) is 30.6 Å². The van der Waals surface area contributed by atoms with Gasteiger partial charge in [-0.15, -0.1) is 0 Å². The van der Waals surface area contributed by atoms with Gasteiger partial charge in [0, 0.05) is 25.2 Å². The van der Waals surface area contributed by atoms with Crippen LogP contribution in [0.2, 0.25) is 0 Å². The van der Waals surface area contributed by atoms with E-state index in [1.54, 1.807) is 6.20 Å². The number of hydrogen-bond donors (Lipinski definition) is 1. The van der Waals surface area contributed by atoms with Crippen LogP contribution in [0.1, 0.15) is 24.8 Å². The van der Waals surface area contributed by atoms with E-state index in [1.165, 1.54) is 24.8 Å². The Kier molecular flexibility index (Phi) is 2.90. The van der Waals surface area contributed by atoms with Crippen molar-refractivity contribution >= 4 is 11.5 Å². The first kappa shape index (κ1) is 11.8. The molecule has 2 aliphatic heterocycles. The highest BCUT2D eigenvalue weighted by atomic mass is 15.3. The number of fused-ring (bicyclic) bond motifs is 2. The Balaban J connectivity index is 1.84. The van der Waals surface area contributed by atoms with E-state index in [1.807, 2.05) is 6.07 Å². The molecule has 2 fully saturated rings. The maximum atomic E-state index is 5.78. The summed E-state index contributed by atoms with van der Waals surface area (Å²) in [5.74, 6) is 1.12. The lowest BCUT2D eigenvalue weighted by atomic mass is 10.1. The van der Waals surface area contributed by atoms with Gasteiger partial charge in [0.15, 0.2) is 0 Å². The quantitative estimate of drug-likeness (QED) is 0.818. The van der Waals surface area contributed by atoms with E-state index in [-0.39, 0.29) is 0 Å². The molecular weight excluding hydrogens is 224 g/mol. The van der Waals surface area contributed by atoms with Crippen LogP contribution in [0.25, 0.3) is 0 Å². The second kappa shape index (κ2) is 4.43. The number of nitrogens with zero attached hydrogens (tertiary/aromatic N) is 3. The van der Waals surface area contributed by atoms with Gasteiger partial charge in [0.05, 0.1) is 11.9 Å². The Morgan fingerprint density at radius 1 is 1.28 bits per heavy atom. The van der Waals surface area contributed by atoms with Crippen molar-refractivity contribution in [3.8, 4) is 0 Å². The minimum atomic E-state index is 0.691. The zero-order chi connectivity index (χ0) is 12.7. The molecule has 0 spiro atoms. The van der Waals surface area contributed by atoms with Crippen LogP contribution >= 0.6 is 0 Å². The van der Waals surface area contributed by atoms with Crippen molar-refractivity contribution < 1.29 is 0 Å². The summed E-state index contributed by atoms with van der Waals surface area (Å²) in [4.78, 5) is 9.54. The highest BCUT2D eigenvalue weighted by molar-refractivity contribution is 5.53. The molecule has 4 heteroatoms. The summed E-state index contributed by atoms with van der Waals surface area (Å²) in [7, 11) is 2.27. The highest BCUT2D eigenvalue weighted by Gasteiger charge is 2.35. The highest BCUT2D eigenvalue weighted by Crippen LogP contribution is 2.31. The number of nitrogens with two attached hydrogens (primary N) is 1. The third-order valence-electron chi connectivity index (χ3n) is 4.52. The van der Waals surface area contributed by atoms with Gasteiger partial charge in [0.25, 0.3) is 0 Å². The number of hydrogen-bond acceptors (Lipinski definition) is 4. The molecular formula is C14H22N4. The number of aromatic nitrogens is 1. The molecule has 1 aromatic rings. The van der Waals surface area contributed by atoms with Gasteiger partial charge in [-0.2, -0.15) is 0 Å². The number of aryl methyl sites for hydroxylation is 1. The summed E-state index contributed by atoms with van der Waals surface area (Å²) in [5, 5.41) is 0. The zero-order valence-corrected chi connectivity index (χ0v) is 11.3. The summed E-state index contributed by atoms with van der Waals surface area (Å²) in [6.45, 7) is 4.32. The third kappa shape index (κ3) is 1.94. The molecule has 2 saturated heterocycles. The average Bonchev–Trinajstić information content (AvgIpc) is 2.55. The minimum Gasteiger partial charge on any atom is -0.397 e. The molecule has 3 rings (SSSR count). The topological polar surface area (TPSA) is 45.4 Å². The Morgan fingerprint density at radius 3 is 2.83 bits per heavy atom. The second-order valence-electron chi connectivity index (χ2n) is 5.69. The number of likely N-dealkylation sites (N-methyl/N-ethyl adjacent to an activating group) is 1. The molecule has 3 heterocycles. The Hall–Kier alpha value is -1.29. The van der Waals surface area contributed by atoms with Crippen molar-refractivity contribution in [2.75, 3.05) is 30.8 Å². The summed E-state index contributed by atoms with van der Waals surface area (Å²) in [5.41, 5.74) is 7.73. The van der Waals surface area contributed by atoms with Gasteiger partial charge < -0.3 is 10.6 Å². The lowest BCUT2D eigenvalue weighted by Gasteiger charge is -2.27. The normalized spacial score (nSPS) is 28.4. The van der Waals surface area contributed by atoms with Crippen LogP contribution in [0, 0.1) is 6.92 Å². The van der Waals surface area contributed by atoms with Crippen LogP contribution in [0.15, 0.2) is 12.3 Å². The van der Waals surface area contributed by atoms with Crippen molar-refractivity contribution in [3.05, 3.63) is 17.8 Å². The van der Waals surface area contributed by atoms with Gasteiger partial charge in [-0.05, 0) is 44.9 Å². The summed E-state index contributed by atoms with van der Waals surface area (Å²) in [6.07, 6.45) is 5.71. The van der Waals surface area contributed by atoms with Crippen LogP contribution in [-0.2, 0) is 0 Å². The summed E-state index contributed by atoms with van der Waals surface area (Å²) >= 11 is 0. The maximum Gasteiger partial charge on any atom is 0.131 e. The van der Waals surface area contributed by atoms with E-state index in [0.29, 0.717) is 6.04 Å². The van der Waals surface area contributed by atoms with E-state index >= 15 is 0 Å². The summed E-state index contributed by atoms with van der Waals surface area (Å²) in [6, 6.07) is 3.49. The Labute approximate surface area is 109 Å². The Morgan fingerprint density at radius 2 is 2.06 bits per heavy atom. The molecule has 98 valence electrons. The zero-order valence-electron chi connectivity index (χ0n) is 11.3. The number of nitrogen functional groups attached to an aromatic ring is 1. The molecule has 2 bridgehead atoms. The predicted octanol–water partition coefficient (Wildman–Crippen LogP) is 1.65. The van der Waals surface area contributed by atoms with Gasteiger partial charge in [-0.25, -0.2) is 4.98 Å². The van der Waals surface area contributed by atoms with Crippen molar-refractivity contribution in [3.63, 3.8) is 0 Å². The van der Waals surface area contributed by atoms with E-state index in [2.05, 4.69) is 28.8 Å². The predicted molar refractivity (Wildman–Crippen MR) is 74.8 cm³/mol. The first-order valence-electron chi connectivity index (χ1n) is 6.84. The van der Waals surface area contributed by atoms with Gasteiger partial charge in [-0.3, -0.25) is 4.90 Å². The van der Waals surface area contributed by atoms with Gasteiger partial charge in [-0.1, -0.05) is 0 Å². The van der Waals surface area contributed by atoms with Gasteiger partial charge in [0.2, 0.25) is 0 Å².